The average molecular weight is 424 g/mol. The lowest BCUT2D eigenvalue weighted by Crippen LogP contribution is -2.50. The van der Waals surface area contributed by atoms with Crippen LogP contribution >= 0.6 is 0 Å². The zero-order valence-corrected chi connectivity index (χ0v) is 18.5. The molecule has 1 saturated carbocycles. The molecule has 7 nitrogen and oxygen atoms in total. The Kier molecular flexibility index (Phi) is 4.70. The van der Waals surface area contributed by atoms with Gasteiger partial charge in [0.2, 0.25) is 0 Å². The van der Waals surface area contributed by atoms with E-state index < -0.39 is 12.2 Å². The van der Waals surface area contributed by atoms with Gasteiger partial charge in [0.15, 0.2) is 0 Å². The molecule has 1 amide bonds. The van der Waals surface area contributed by atoms with Crippen molar-refractivity contribution in [2.75, 3.05) is 13.7 Å². The lowest BCUT2D eigenvalue weighted by Gasteiger charge is -2.49. The number of nitrogens with zero attached hydrogens (tertiary/aromatic N) is 3. The first-order valence-corrected chi connectivity index (χ1v) is 11.0. The smallest absolute Gasteiger partial charge is 0.419 e. The van der Waals surface area contributed by atoms with E-state index in [1.807, 2.05) is 14.0 Å². The van der Waals surface area contributed by atoms with E-state index >= 15 is 0 Å². The van der Waals surface area contributed by atoms with Crippen LogP contribution in [0, 0.1) is 17.3 Å². The Morgan fingerprint density at radius 1 is 1.35 bits per heavy atom. The zero-order valence-electron chi connectivity index (χ0n) is 18.5. The summed E-state index contributed by atoms with van der Waals surface area (Å²) in [5.41, 5.74) is 3.78. The molecule has 1 aromatic heterocycles. The fourth-order valence-corrected chi connectivity index (χ4v) is 5.04. The number of aromatic nitrogens is 2. The monoisotopic (exact) mass is 423 g/mol. The first kappa shape index (κ1) is 20.2. The second-order valence-electron chi connectivity index (χ2n) is 9.56. The van der Waals surface area contributed by atoms with E-state index in [4.69, 9.17) is 9.47 Å². The maximum atomic E-state index is 12.8. The van der Waals surface area contributed by atoms with Gasteiger partial charge in [-0.25, -0.2) is 14.3 Å². The van der Waals surface area contributed by atoms with Gasteiger partial charge in [0.25, 0.3) is 5.91 Å². The number of hydrogen-bond acceptors (Lipinski definition) is 5. The van der Waals surface area contributed by atoms with Gasteiger partial charge in [-0.15, -0.1) is 0 Å². The second kappa shape index (κ2) is 7.19. The molecule has 1 fully saturated rings. The molecule has 0 radical (unpaired) electrons. The summed E-state index contributed by atoms with van der Waals surface area (Å²) < 4.78 is 13.6. The number of allylic oxidation sites excluding steroid dienone is 3. The third-order valence-corrected chi connectivity index (χ3v) is 7.58. The van der Waals surface area contributed by atoms with E-state index in [1.54, 1.807) is 17.3 Å². The Balaban J connectivity index is 1.51. The maximum Gasteiger partial charge on any atom is 0.419 e. The molecule has 0 spiro atoms. The van der Waals surface area contributed by atoms with Crippen molar-refractivity contribution in [3.63, 3.8) is 0 Å². The van der Waals surface area contributed by atoms with Gasteiger partial charge in [-0.3, -0.25) is 4.79 Å². The van der Waals surface area contributed by atoms with Gasteiger partial charge in [-0.1, -0.05) is 13.8 Å². The van der Waals surface area contributed by atoms with E-state index in [0.717, 1.165) is 28.8 Å². The molecule has 0 N–H and O–H groups in total. The van der Waals surface area contributed by atoms with Crippen molar-refractivity contribution in [1.29, 1.82) is 0 Å². The minimum Gasteiger partial charge on any atom is -0.442 e. The number of fused-ring (bicyclic) bond motifs is 2. The van der Waals surface area contributed by atoms with Crippen molar-refractivity contribution in [3.8, 4) is 0 Å². The van der Waals surface area contributed by atoms with E-state index in [0.29, 0.717) is 12.5 Å². The van der Waals surface area contributed by atoms with Crippen LogP contribution in [0.5, 0.6) is 0 Å². The molecule has 0 unspecified atom stereocenters. The van der Waals surface area contributed by atoms with Gasteiger partial charge in [0.05, 0.1) is 6.61 Å². The van der Waals surface area contributed by atoms with Gasteiger partial charge in [0, 0.05) is 42.0 Å². The number of amides is 1. The third kappa shape index (κ3) is 3.26. The Morgan fingerprint density at radius 2 is 2.13 bits per heavy atom. The summed E-state index contributed by atoms with van der Waals surface area (Å²) in [6.07, 6.45) is 10.8. The van der Waals surface area contributed by atoms with Crippen molar-refractivity contribution in [2.24, 2.45) is 17.3 Å². The Bertz CT molecular complexity index is 1020. The van der Waals surface area contributed by atoms with E-state index in [9.17, 15) is 9.59 Å². The Labute approximate surface area is 182 Å². The van der Waals surface area contributed by atoms with Gasteiger partial charge >= 0.3 is 6.09 Å². The number of imidazole rings is 1. The molecule has 5 rings (SSSR count). The highest BCUT2D eigenvalue weighted by molar-refractivity contribution is 6.00. The van der Waals surface area contributed by atoms with Crippen LogP contribution in [0.25, 0.3) is 0 Å². The summed E-state index contributed by atoms with van der Waals surface area (Å²) in [5.74, 6) is 0.664. The average Bonchev–Trinajstić information content (AvgIpc) is 3.37. The van der Waals surface area contributed by atoms with Gasteiger partial charge in [-0.2, -0.15) is 0 Å². The highest BCUT2D eigenvalue weighted by Gasteiger charge is 2.51. The zero-order chi connectivity index (χ0) is 21.9. The maximum absolute atomic E-state index is 12.8. The van der Waals surface area contributed by atoms with E-state index in [1.165, 1.54) is 23.7 Å². The molecule has 164 valence electrons. The van der Waals surface area contributed by atoms with Crippen molar-refractivity contribution in [1.82, 2.24) is 14.5 Å². The summed E-state index contributed by atoms with van der Waals surface area (Å²) in [6, 6.07) is 0. The van der Waals surface area contributed by atoms with Gasteiger partial charge < -0.3 is 14.4 Å². The largest absolute Gasteiger partial charge is 0.442 e. The van der Waals surface area contributed by atoms with Gasteiger partial charge in [-0.05, 0) is 55.4 Å². The first-order valence-electron chi connectivity index (χ1n) is 11.0. The van der Waals surface area contributed by atoms with E-state index in [2.05, 4.69) is 31.0 Å². The number of hydrogen-bond donors (Lipinski definition) is 0. The molecule has 1 aromatic rings. The number of carbonyl (C=O) groups is 2. The first-order chi connectivity index (χ1) is 14.8. The molecule has 7 heteroatoms. The van der Waals surface area contributed by atoms with Crippen molar-refractivity contribution < 1.29 is 19.1 Å². The molecule has 0 saturated heterocycles. The summed E-state index contributed by atoms with van der Waals surface area (Å²) in [7, 11) is 1.83. The molecule has 2 heterocycles. The molecule has 31 heavy (non-hydrogen) atoms. The van der Waals surface area contributed by atoms with Crippen LogP contribution in [0.2, 0.25) is 0 Å². The lowest BCUT2D eigenvalue weighted by molar-refractivity contribution is -0.123. The standard InChI is InChI=1S/C24H29N3O4/c1-14-18-11-24(3)15(2)21(31-23(29)27-8-7-25-13-27)20(30-12-16-5-6-16)10-17(24)9-19(18)26(4)22(14)28/h7-10,13,15-16,20-21H,5-6,11-12H2,1-4H3/t15-,20+,21+,24+/m0/s1. The minimum atomic E-state index is -0.451. The fraction of sp³-hybridized carbons (Fsp3) is 0.542. The summed E-state index contributed by atoms with van der Waals surface area (Å²) in [6.45, 7) is 6.91. The number of rotatable bonds is 4. The van der Waals surface area contributed by atoms with Gasteiger partial charge in [0.1, 0.15) is 18.5 Å². The number of carbonyl (C=O) groups excluding carboxylic acids is 2. The van der Waals surface area contributed by atoms with Crippen molar-refractivity contribution >= 4 is 12.0 Å². The van der Waals surface area contributed by atoms with Crippen molar-refractivity contribution in [3.05, 3.63) is 53.3 Å². The molecule has 4 atom stereocenters. The third-order valence-electron chi connectivity index (χ3n) is 7.58. The van der Waals surface area contributed by atoms with E-state index in [-0.39, 0.29) is 23.3 Å². The molecular weight excluding hydrogens is 394 g/mol. The molecule has 4 aliphatic rings. The predicted octanol–water partition coefficient (Wildman–Crippen LogP) is 3.69. The molecule has 0 aromatic carbocycles. The lowest BCUT2D eigenvalue weighted by atomic mass is 9.59. The molecule has 0 bridgehead atoms. The van der Waals surface area contributed by atoms with Crippen LogP contribution in [0.1, 0.15) is 40.0 Å². The predicted molar refractivity (Wildman–Crippen MR) is 114 cm³/mol. The number of likely N-dealkylation sites (N-methyl/N-ethyl adjacent to an activating group) is 1. The van der Waals surface area contributed by atoms with Crippen LogP contribution in [0.4, 0.5) is 4.79 Å². The van der Waals surface area contributed by atoms with Crippen molar-refractivity contribution in [2.45, 2.75) is 52.2 Å². The van der Waals surface area contributed by atoms with Crippen LogP contribution in [-0.4, -0.2) is 52.3 Å². The highest BCUT2D eigenvalue weighted by atomic mass is 16.6. The SMILES string of the molecule is CC1=C2C[C@@]3(C)C(=C[C@@H](OCC4CC4)[C@H](OC(=O)n4ccnc4)[C@@H]3C)C=C2N(C)C1=O. The summed E-state index contributed by atoms with van der Waals surface area (Å²) >= 11 is 0. The molecule has 1 aliphatic heterocycles. The minimum absolute atomic E-state index is 0.00304. The normalized spacial score (nSPS) is 32.5. The highest BCUT2D eigenvalue weighted by Crippen LogP contribution is 2.54. The molecular formula is C24H29N3O4. The second-order valence-corrected chi connectivity index (χ2v) is 9.56. The fourth-order valence-electron chi connectivity index (χ4n) is 5.04. The molecule has 3 aliphatic carbocycles. The van der Waals surface area contributed by atoms with Crippen LogP contribution in [0.15, 0.2) is 53.3 Å². The van der Waals surface area contributed by atoms with Crippen LogP contribution < -0.4 is 0 Å². The van der Waals surface area contributed by atoms with Crippen LogP contribution in [0.3, 0.4) is 0 Å². The summed E-state index contributed by atoms with van der Waals surface area (Å²) in [5, 5.41) is 0. The quantitative estimate of drug-likeness (QED) is 0.738. The topological polar surface area (TPSA) is 73.7 Å². The summed E-state index contributed by atoms with van der Waals surface area (Å²) in [4.78, 5) is 31.0. The number of ether oxygens (including phenoxy) is 2. The van der Waals surface area contributed by atoms with Crippen LogP contribution in [-0.2, 0) is 14.3 Å². The Hall–Kier alpha value is -2.67. The Morgan fingerprint density at radius 3 is 2.81 bits per heavy atom.